The number of carbonyl (C=O) groups is 2. The Morgan fingerprint density at radius 1 is 1.10 bits per heavy atom. The lowest BCUT2D eigenvalue weighted by Crippen LogP contribution is -2.37. The van der Waals surface area contributed by atoms with Crippen molar-refractivity contribution in [1.29, 1.82) is 0 Å². The van der Waals surface area contributed by atoms with E-state index in [9.17, 15) is 31.5 Å². The average Bonchev–Trinajstić information content (AvgIpc) is 3.71. The molecule has 0 bridgehead atoms. The number of imidazole rings is 1. The minimum absolute atomic E-state index is 0.00307. The van der Waals surface area contributed by atoms with Gasteiger partial charge in [-0.1, -0.05) is 0 Å². The summed E-state index contributed by atoms with van der Waals surface area (Å²) >= 11 is 0. The van der Waals surface area contributed by atoms with Crippen LogP contribution in [0.25, 0.3) is 5.65 Å². The number of rotatable bonds is 10. The molecule has 0 aromatic carbocycles. The molecule has 3 aromatic rings. The topological polar surface area (TPSA) is 123 Å². The molecule has 0 spiro atoms. The molecule has 2 saturated carbocycles. The first kappa shape index (κ1) is 29.6. The second-order valence-corrected chi connectivity index (χ2v) is 10.8. The molecule has 3 aromatic heterocycles. The molecule has 42 heavy (non-hydrogen) atoms. The first-order valence-corrected chi connectivity index (χ1v) is 13.7. The van der Waals surface area contributed by atoms with Crippen LogP contribution in [0.5, 0.6) is 6.01 Å². The Kier molecular flexibility index (Phi) is 8.28. The maximum Gasteiger partial charge on any atom is 0.389 e. The first-order valence-electron chi connectivity index (χ1n) is 13.7. The van der Waals surface area contributed by atoms with Gasteiger partial charge in [0.25, 0.3) is 5.91 Å². The van der Waals surface area contributed by atoms with Crippen LogP contribution in [0.1, 0.15) is 85.2 Å². The zero-order chi connectivity index (χ0) is 30.1. The van der Waals surface area contributed by atoms with Crippen LogP contribution in [-0.4, -0.2) is 55.6 Å². The van der Waals surface area contributed by atoms with Gasteiger partial charge in [-0.2, -0.15) is 23.3 Å². The highest BCUT2D eigenvalue weighted by Gasteiger charge is 2.40. The van der Waals surface area contributed by atoms with E-state index in [1.807, 2.05) is 0 Å². The van der Waals surface area contributed by atoms with Gasteiger partial charge >= 0.3 is 12.2 Å². The highest BCUT2D eigenvalue weighted by atomic mass is 19.4. The van der Waals surface area contributed by atoms with E-state index in [-0.39, 0.29) is 49.2 Å². The Morgan fingerprint density at radius 3 is 2.48 bits per heavy atom. The number of methoxy groups -OCH3 is 1. The summed E-state index contributed by atoms with van der Waals surface area (Å²) in [5.74, 6) is -4.30. The van der Waals surface area contributed by atoms with Gasteiger partial charge in [-0.25, -0.2) is 23.3 Å². The van der Waals surface area contributed by atoms with E-state index >= 15 is 0 Å². The number of aromatic nitrogens is 5. The Balaban J connectivity index is 1.40. The van der Waals surface area contributed by atoms with E-state index in [2.05, 4.69) is 30.7 Å². The van der Waals surface area contributed by atoms with Gasteiger partial charge in [0.15, 0.2) is 5.65 Å². The van der Waals surface area contributed by atoms with Crippen molar-refractivity contribution in [1.82, 2.24) is 35.2 Å². The SMILES string of the molecule is COc1nccc(C(=O)N[C@H](c2cn3ncc([C@H](NC(=O)CCC(F)(F)F)C4CC4)cc3n2)C2CCC(F)(F)CC2)n1. The van der Waals surface area contributed by atoms with Gasteiger partial charge in [-0.3, -0.25) is 9.59 Å². The number of hydrogen-bond acceptors (Lipinski definition) is 7. The number of hydrogen-bond donors (Lipinski definition) is 2. The van der Waals surface area contributed by atoms with Crippen molar-refractivity contribution in [3.63, 3.8) is 0 Å². The summed E-state index contributed by atoms with van der Waals surface area (Å²) in [5.41, 5.74) is 1.40. The monoisotopic (exact) mass is 595 g/mol. The van der Waals surface area contributed by atoms with Gasteiger partial charge in [-0.15, -0.1) is 0 Å². The van der Waals surface area contributed by atoms with Crippen molar-refractivity contribution in [3.8, 4) is 6.01 Å². The predicted octanol–water partition coefficient (Wildman–Crippen LogP) is 4.73. The molecule has 2 fully saturated rings. The van der Waals surface area contributed by atoms with E-state index in [4.69, 9.17) is 4.74 Å². The molecule has 0 aliphatic heterocycles. The lowest BCUT2D eigenvalue weighted by atomic mass is 9.81. The molecule has 0 saturated heterocycles. The fraction of sp³-hybridized carbons (Fsp3) is 0.556. The third-order valence-corrected chi connectivity index (χ3v) is 7.65. The summed E-state index contributed by atoms with van der Waals surface area (Å²) in [6.07, 6.45) is -0.530. The number of fused-ring (bicyclic) bond motifs is 1. The summed E-state index contributed by atoms with van der Waals surface area (Å²) in [6.45, 7) is 0. The number of carbonyl (C=O) groups excluding carboxylic acids is 2. The van der Waals surface area contributed by atoms with Crippen LogP contribution in [0.15, 0.2) is 30.7 Å². The van der Waals surface area contributed by atoms with Gasteiger partial charge < -0.3 is 15.4 Å². The average molecular weight is 596 g/mol. The standard InChI is InChI=1S/C27H30F5N7O3/c1-42-25-33-11-7-18(36-25)24(41)38-23(16-4-8-26(28,29)9-5-16)19-14-39-20(35-19)12-17(13-34-39)22(15-2-3-15)37-21(40)6-10-27(30,31)32/h7,11-16,22-23H,2-6,8-10H2,1H3,(H,37,40)(H,38,41)/t22-,23+/m1/s1. The number of halogens is 5. The summed E-state index contributed by atoms with van der Waals surface area (Å²) < 4.78 is 72.2. The minimum Gasteiger partial charge on any atom is -0.467 e. The lowest BCUT2D eigenvalue weighted by molar-refractivity contribution is -0.144. The fourth-order valence-electron chi connectivity index (χ4n) is 5.24. The molecular formula is C27H30F5N7O3. The van der Waals surface area contributed by atoms with Crippen molar-refractivity contribution >= 4 is 17.5 Å². The summed E-state index contributed by atoms with van der Waals surface area (Å²) in [5, 5.41) is 9.99. The van der Waals surface area contributed by atoms with Crippen LogP contribution in [0.4, 0.5) is 22.0 Å². The largest absolute Gasteiger partial charge is 0.467 e. The molecule has 3 heterocycles. The highest BCUT2D eigenvalue weighted by molar-refractivity contribution is 5.92. The third-order valence-electron chi connectivity index (χ3n) is 7.65. The molecule has 0 radical (unpaired) electrons. The second kappa shape index (κ2) is 11.8. The normalized spacial score (nSPS) is 18.8. The molecular weight excluding hydrogens is 565 g/mol. The van der Waals surface area contributed by atoms with Gasteiger partial charge in [0.1, 0.15) is 5.69 Å². The number of nitrogens with zero attached hydrogens (tertiary/aromatic N) is 5. The van der Waals surface area contributed by atoms with Crippen LogP contribution in [-0.2, 0) is 4.79 Å². The highest BCUT2D eigenvalue weighted by Crippen LogP contribution is 2.43. The molecule has 2 aliphatic rings. The molecule has 2 amide bonds. The number of ether oxygens (including phenoxy) is 1. The molecule has 10 nitrogen and oxygen atoms in total. The molecule has 2 aliphatic carbocycles. The first-order chi connectivity index (χ1) is 19.9. The zero-order valence-electron chi connectivity index (χ0n) is 22.7. The smallest absolute Gasteiger partial charge is 0.389 e. The van der Waals surface area contributed by atoms with Crippen LogP contribution < -0.4 is 15.4 Å². The molecule has 2 N–H and O–H groups in total. The van der Waals surface area contributed by atoms with E-state index in [1.165, 1.54) is 30.1 Å². The van der Waals surface area contributed by atoms with Crippen LogP contribution in [0, 0.1) is 11.8 Å². The molecule has 2 atom stereocenters. The zero-order valence-corrected chi connectivity index (χ0v) is 22.7. The van der Waals surface area contributed by atoms with E-state index in [0.717, 1.165) is 12.8 Å². The van der Waals surface area contributed by atoms with Crippen molar-refractivity contribution in [2.45, 2.75) is 75.5 Å². The molecule has 5 rings (SSSR count). The molecule has 226 valence electrons. The second-order valence-electron chi connectivity index (χ2n) is 10.8. The van der Waals surface area contributed by atoms with Gasteiger partial charge in [-0.05, 0) is 55.2 Å². The Hall–Kier alpha value is -3.91. The van der Waals surface area contributed by atoms with Crippen LogP contribution in [0.2, 0.25) is 0 Å². The number of nitrogens with one attached hydrogen (secondary N) is 2. The Labute approximate surface area is 237 Å². The fourth-order valence-corrected chi connectivity index (χ4v) is 5.24. The van der Waals surface area contributed by atoms with Gasteiger partial charge in [0, 0.05) is 25.5 Å². The minimum atomic E-state index is -4.43. The summed E-state index contributed by atoms with van der Waals surface area (Å²) in [7, 11) is 1.36. The van der Waals surface area contributed by atoms with Crippen molar-refractivity contribution in [3.05, 3.63) is 47.7 Å². The Morgan fingerprint density at radius 2 is 1.81 bits per heavy atom. The van der Waals surface area contributed by atoms with Crippen molar-refractivity contribution in [2.24, 2.45) is 11.8 Å². The maximum atomic E-state index is 14.0. The molecule has 15 heteroatoms. The van der Waals surface area contributed by atoms with E-state index in [0.29, 0.717) is 16.9 Å². The number of alkyl halides is 5. The van der Waals surface area contributed by atoms with Crippen molar-refractivity contribution < 1.29 is 36.3 Å². The van der Waals surface area contributed by atoms with Crippen molar-refractivity contribution in [2.75, 3.05) is 7.11 Å². The summed E-state index contributed by atoms with van der Waals surface area (Å²) in [6, 6.07) is 1.83. The summed E-state index contributed by atoms with van der Waals surface area (Å²) in [4.78, 5) is 38.0. The Bertz CT molecular complexity index is 1430. The van der Waals surface area contributed by atoms with Crippen LogP contribution >= 0.6 is 0 Å². The predicted molar refractivity (Wildman–Crippen MR) is 138 cm³/mol. The quantitative estimate of drug-likeness (QED) is 0.325. The van der Waals surface area contributed by atoms with Crippen LogP contribution in [0.3, 0.4) is 0 Å². The third kappa shape index (κ3) is 7.29. The maximum absolute atomic E-state index is 14.0. The lowest BCUT2D eigenvalue weighted by Gasteiger charge is -2.33. The van der Waals surface area contributed by atoms with E-state index in [1.54, 1.807) is 12.3 Å². The molecule has 0 unspecified atom stereocenters. The van der Waals surface area contributed by atoms with E-state index < -0.39 is 48.8 Å². The number of amides is 2. The van der Waals surface area contributed by atoms with Gasteiger partial charge in [0.2, 0.25) is 11.8 Å². The van der Waals surface area contributed by atoms with Gasteiger partial charge in [0.05, 0.1) is 43.7 Å².